The van der Waals surface area contributed by atoms with Crippen LogP contribution in [-0.2, 0) is 16.6 Å². The summed E-state index contributed by atoms with van der Waals surface area (Å²) in [5.41, 5.74) is 1.70. The zero-order chi connectivity index (χ0) is 17.1. The van der Waals surface area contributed by atoms with Crippen LogP contribution in [0.5, 0.6) is 0 Å². The number of hydrogen-bond acceptors (Lipinski definition) is 3. The van der Waals surface area contributed by atoms with Gasteiger partial charge in [0.05, 0.1) is 0 Å². The summed E-state index contributed by atoms with van der Waals surface area (Å²) in [5.74, 6) is 0. The van der Waals surface area contributed by atoms with Crippen molar-refractivity contribution in [2.45, 2.75) is 52.4 Å². The van der Waals surface area contributed by atoms with Crippen LogP contribution in [0.2, 0.25) is 0 Å². The van der Waals surface area contributed by atoms with Gasteiger partial charge in [-0.05, 0) is 43.6 Å². The number of anilines is 1. The van der Waals surface area contributed by atoms with Gasteiger partial charge in [0.2, 0.25) is 0 Å². The summed E-state index contributed by atoms with van der Waals surface area (Å²) in [4.78, 5) is 2.47. The van der Waals surface area contributed by atoms with E-state index in [1.54, 1.807) is 12.1 Å². The van der Waals surface area contributed by atoms with Gasteiger partial charge >= 0.3 is 0 Å². The second-order valence-corrected chi connectivity index (χ2v) is 7.24. The molecule has 0 bridgehead atoms. The number of benzene rings is 1. The van der Waals surface area contributed by atoms with E-state index in [1.165, 1.54) is 37.7 Å². The van der Waals surface area contributed by atoms with Crippen molar-refractivity contribution in [2.24, 2.45) is 5.14 Å². The van der Waals surface area contributed by atoms with Gasteiger partial charge in [0.25, 0.3) is 10.2 Å². The van der Waals surface area contributed by atoms with Crippen molar-refractivity contribution in [3.05, 3.63) is 29.8 Å². The second-order valence-electron chi connectivity index (χ2n) is 5.94. The third-order valence-corrected chi connectivity index (χ3v) is 4.48. The molecule has 0 aliphatic rings. The Kier molecular flexibility index (Phi) is 9.21. The first-order valence-corrected chi connectivity index (χ1v) is 10.1. The van der Waals surface area contributed by atoms with Crippen LogP contribution >= 0.6 is 0 Å². The fourth-order valence-electron chi connectivity index (χ4n) is 2.56. The number of likely N-dealkylation sites (N-methyl/N-ethyl adjacent to an activating group) is 1. The molecule has 0 spiro atoms. The quantitative estimate of drug-likeness (QED) is 0.574. The van der Waals surface area contributed by atoms with Crippen LogP contribution in [0.15, 0.2) is 24.3 Å². The van der Waals surface area contributed by atoms with Crippen LogP contribution in [0, 0.1) is 0 Å². The molecule has 0 aliphatic carbocycles. The number of hydrogen-bond donors (Lipinski definition) is 2. The number of rotatable bonds is 12. The van der Waals surface area contributed by atoms with Crippen molar-refractivity contribution < 1.29 is 8.42 Å². The smallest absolute Gasteiger partial charge is 0.296 e. The molecule has 0 saturated carbocycles. The predicted octanol–water partition coefficient (Wildman–Crippen LogP) is 3.14. The van der Waals surface area contributed by atoms with Crippen molar-refractivity contribution in [2.75, 3.05) is 24.4 Å². The van der Waals surface area contributed by atoms with Gasteiger partial charge < -0.3 is 4.90 Å². The summed E-state index contributed by atoms with van der Waals surface area (Å²) < 4.78 is 24.2. The molecular weight excluding hydrogens is 310 g/mol. The first-order chi connectivity index (χ1) is 10.9. The molecule has 23 heavy (non-hydrogen) atoms. The molecule has 0 unspecified atom stereocenters. The van der Waals surface area contributed by atoms with E-state index in [4.69, 9.17) is 5.14 Å². The van der Waals surface area contributed by atoms with E-state index in [-0.39, 0.29) is 0 Å². The summed E-state index contributed by atoms with van der Waals surface area (Å²) in [6.07, 6.45) is 7.52. The van der Waals surface area contributed by atoms with E-state index in [0.717, 1.165) is 26.1 Å². The van der Waals surface area contributed by atoms with E-state index in [9.17, 15) is 8.42 Å². The Bertz CT molecular complexity index is 529. The number of nitrogens with two attached hydrogens (primary N) is 1. The van der Waals surface area contributed by atoms with Crippen molar-refractivity contribution in [1.82, 2.24) is 4.90 Å². The zero-order valence-electron chi connectivity index (χ0n) is 14.4. The van der Waals surface area contributed by atoms with Gasteiger partial charge in [0.15, 0.2) is 0 Å². The van der Waals surface area contributed by atoms with Gasteiger partial charge in [-0.2, -0.15) is 8.42 Å². The fraction of sp³-hybridized carbons (Fsp3) is 0.647. The number of nitrogens with one attached hydrogen (secondary N) is 1. The summed E-state index contributed by atoms with van der Waals surface area (Å²) >= 11 is 0. The summed E-state index contributed by atoms with van der Waals surface area (Å²) in [6, 6.07) is 7.40. The maximum atomic E-state index is 11.0. The van der Waals surface area contributed by atoms with Crippen molar-refractivity contribution in [1.29, 1.82) is 0 Å². The molecule has 132 valence electrons. The minimum atomic E-state index is -3.70. The fourth-order valence-corrected chi connectivity index (χ4v) is 3.02. The molecule has 1 aromatic carbocycles. The summed E-state index contributed by atoms with van der Waals surface area (Å²) in [6.45, 7) is 7.70. The first-order valence-electron chi connectivity index (χ1n) is 8.56. The molecule has 0 aromatic heterocycles. The molecule has 0 saturated heterocycles. The van der Waals surface area contributed by atoms with E-state index in [1.807, 2.05) is 12.1 Å². The molecule has 3 N–H and O–H groups in total. The zero-order valence-corrected chi connectivity index (χ0v) is 15.2. The SMILES string of the molecule is CCCCCCCN(CC)CCc1ccc(NS(N)(=O)=O)cc1. The number of nitrogens with zero attached hydrogens (tertiary/aromatic N) is 1. The lowest BCUT2D eigenvalue weighted by molar-refractivity contribution is 0.284. The van der Waals surface area contributed by atoms with Gasteiger partial charge in [0.1, 0.15) is 0 Å². The summed E-state index contributed by atoms with van der Waals surface area (Å²) in [7, 11) is -3.70. The van der Waals surface area contributed by atoms with Crippen molar-refractivity contribution in [3.63, 3.8) is 0 Å². The molecule has 1 rings (SSSR count). The van der Waals surface area contributed by atoms with Gasteiger partial charge in [-0.15, -0.1) is 0 Å². The Morgan fingerprint density at radius 2 is 1.65 bits per heavy atom. The standard InChI is InChI=1S/C17H31N3O2S/c1-3-5-6-7-8-14-20(4-2)15-13-16-9-11-17(12-10-16)19-23(18,21)22/h9-12,19H,3-8,13-15H2,1-2H3,(H2,18,21,22). The highest BCUT2D eigenvalue weighted by molar-refractivity contribution is 7.90. The molecule has 0 heterocycles. The lowest BCUT2D eigenvalue weighted by atomic mass is 10.1. The topological polar surface area (TPSA) is 75.4 Å². The van der Waals surface area contributed by atoms with Gasteiger partial charge in [-0.3, -0.25) is 4.72 Å². The minimum Gasteiger partial charge on any atom is -0.303 e. The first kappa shape index (κ1) is 19.9. The Morgan fingerprint density at radius 1 is 1.00 bits per heavy atom. The maximum absolute atomic E-state index is 11.0. The average molecular weight is 342 g/mol. The largest absolute Gasteiger partial charge is 0.303 e. The van der Waals surface area contributed by atoms with Crippen molar-refractivity contribution in [3.8, 4) is 0 Å². The lowest BCUT2D eigenvalue weighted by Crippen LogP contribution is -2.27. The molecule has 0 aliphatic heterocycles. The van der Waals surface area contributed by atoms with Crippen LogP contribution in [-0.4, -0.2) is 33.0 Å². The third-order valence-electron chi connectivity index (χ3n) is 3.96. The highest BCUT2D eigenvalue weighted by Crippen LogP contribution is 2.11. The summed E-state index contributed by atoms with van der Waals surface area (Å²) in [5, 5.41) is 4.95. The van der Waals surface area contributed by atoms with Crippen LogP contribution < -0.4 is 9.86 Å². The Labute approximate surface area is 141 Å². The molecule has 1 aromatic rings. The van der Waals surface area contributed by atoms with E-state index < -0.39 is 10.2 Å². The monoisotopic (exact) mass is 341 g/mol. The highest BCUT2D eigenvalue weighted by atomic mass is 32.2. The third kappa shape index (κ3) is 9.58. The molecule has 0 radical (unpaired) electrons. The average Bonchev–Trinajstić information content (AvgIpc) is 2.50. The van der Waals surface area contributed by atoms with Crippen LogP contribution in [0.4, 0.5) is 5.69 Å². The second kappa shape index (κ2) is 10.6. The molecule has 5 nitrogen and oxygen atoms in total. The van der Waals surface area contributed by atoms with Crippen LogP contribution in [0.1, 0.15) is 51.5 Å². The molecule has 0 atom stereocenters. The Hall–Kier alpha value is -1.11. The van der Waals surface area contributed by atoms with Gasteiger partial charge in [0, 0.05) is 12.2 Å². The van der Waals surface area contributed by atoms with E-state index in [0.29, 0.717) is 5.69 Å². The highest BCUT2D eigenvalue weighted by Gasteiger charge is 2.04. The van der Waals surface area contributed by atoms with Crippen LogP contribution in [0.3, 0.4) is 0 Å². The minimum absolute atomic E-state index is 0.500. The maximum Gasteiger partial charge on any atom is 0.296 e. The molecule has 6 heteroatoms. The lowest BCUT2D eigenvalue weighted by Gasteiger charge is -2.20. The van der Waals surface area contributed by atoms with E-state index in [2.05, 4.69) is 23.5 Å². The Balaban J connectivity index is 2.34. The van der Waals surface area contributed by atoms with E-state index >= 15 is 0 Å². The Morgan fingerprint density at radius 3 is 2.22 bits per heavy atom. The molecule has 0 fully saturated rings. The van der Waals surface area contributed by atoms with Crippen LogP contribution in [0.25, 0.3) is 0 Å². The van der Waals surface area contributed by atoms with Gasteiger partial charge in [-0.25, -0.2) is 5.14 Å². The van der Waals surface area contributed by atoms with Crippen molar-refractivity contribution >= 4 is 15.9 Å². The number of unbranched alkanes of at least 4 members (excludes halogenated alkanes) is 4. The van der Waals surface area contributed by atoms with Gasteiger partial charge in [-0.1, -0.05) is 51.7 Å². The predicted molar refractivity (Wildman–Crippen MR) is 97.7 cm³/mol. The normalized spacial score (nSPS) is 11.8. The molecule has 0 amide bonds. The molecular formula is C17H31N3O2S.